The van der Waals surface area contributed by atoms with Gasteiger partial charge in [-0.05, 0) is 70.9 Å². The number of carbonyl (C=O) groups is 1. The zero-order chi connectivity index (χ0) is 20.4. The molecule has 1 aliphatic carbocycles. The molecule has 0 spiro atoms. The molecule has 1 amide bonds. The van der Waals surface area contributed by atoms with Crippen LogP contribution in [0.1, 0.15) is 53.6 Å². The summed E-state index contributed by atoms with van der Waals surface area (Å²) >= 11 is 3.51. The van der Waals surface area contributed by atoms with Crippen LogP contribution >= 0.6 is 15.9 Å². The van der Waals surface area contributed by atoms with Gasteiger partial charge in [0.25, 0.3) is 11.5 Å². The van der Waals surface area contributed by atoms with Gasteiger partial charge in [-0.25, -0.2) is 0 Å². The van der Waals surface area contributed by atoms with Gasteiger partial charge in [0.15, 0.2) is 0 Å². The van der Waals surface area contributed by atoms with Gasteiger partial charge >= 0.3 is 0 Å². The quantitative estimate of drug-likeness (QED) is 0.561. The van der Waals surface area contributed by atoms with Crippen molar-refractivity contribution in [2.45, 2.75) is 51.6 Å². The Morgan fingerprint density at radius 3 is 2.62 bits per heavy atom. The lowest BCUT2D eigenvalue weighted by molar-refractivity contribution is 0.0612. The van der Waals surface area contributed by atoms with E-state index in [9.17, 15) is 9.59 Å². The maximum atomic E-state index is 13.5. The van der Waals surface area contributed by atoms with E-state index in [1.807, 2.05) is 60.4 Å². The summed E-state index contributed by atoms with van der Waals surface area (Å²) in [5.74, 6) is -0.0206. The summed E-state index contributed by atoms with van der Waals surface area (Å²) in [7, 11) is 0. The molecule has 0 saturated heterocycles. The zero-order valence-corrected chi connectivity index (χ0v) is 18.2. The molecule has 0 atom stereocenters. The van der Waals surface area contributed by atoms with Crippen molar-refractivity contribution in [3.05, 3.63) is 80.0 Å². The molecule has 0 unspecified atom stereocenters. The van der Waals surface area contributed by atoms with Crippen molar-refractivity contribution in [3.8, 4) is 0 Å². The van der Waals surface area contributed by atoms with Crippen molar-refractivity contribution in [1.29, 1.82) is 0 Å². The molecule has 4 rings (SSSR count). The Kier molecular flexibility index (Phi) is 5.86. The Hall–Kier alpha value is -2.40. The predicted octanol–water partition coefficient (Wildman–Crippen LogP) is 5.57. The van der Waals surface area contributed by atoms with E-state index in [0.29, 0.717) is 17.7 Å². The Labute approximate surface area is 179 Å². The maximum absolute atomic E-state index is 13.5. The van der Waals surface area contributed by atoms with Crippen LogP contribution in [0.4, 0.5) is 0 Å². The molecule has 5 heteroatoms. The van der Waals surface area contributed by atoms with Gasteiger partial charge in [0.05, 0.1) is 12.1 Å². The zero-order valence-electron chi connectivity index (χ0n) is 16.6. The number of aryl methyl sites for hydroxylation is 1. The van der Waals surface area contributed by atoms with Crippen LogP contribution in [0.25, 0.3) is 10.9 Å². The summed E-state index contributed by atoms with van der Waals surface area (Å²) in [5.41, 5.74) is 3.09. The predicted molar refractivity (Wildman–Crippen MR) is 120 cm³/mol. The highest BCUT2D eigenvalue weighted by Crippen LogP contribution is 2.27. The molecular formula is C24H25BrN2O2. The number of halogens is 1. The second kappa shape index (κ2) is 8.54. The van der Waals surface area contributed by atoms with Crippen molar-refractivity contribution < 1.29 is 4.79 Å². The summed E-state index contributed by atoms with van der Waals surface area (Å²) in [6.07, 6.45) is 5.43. The fraction of sp³-hybridized carbons (Fsp3) is 0.333. The van der Waals surface area contributed by atoms with Crippen LogP contribution in [0.15, 0.2) is 57.8 Å². The molecule has 1 heterocycles. The molecule has 1 saturated carbocycles. The summed E-state index contributed by atoms with van der Waals surface area (Å²) in [5, 5.41) is 0.988. The van der Waals surface area contributed by atoms with Gasteiger partial charge in [-0.3, -0.25) is 9.59 Å². The smallest absolute Gasteiger partial charge is 0.255 e. The first kappa shape index (κ1) is 19.9. The van der Waals surface area contributed by atoms with Gasteiger partial charge in [-0.2, -0.15) is 0 Å². The average molecular weight is 453 g/mol. The summed E-state index contributed by atoms with van der Waals surface area (Å²) in [4.78, 5) is 31.2. The van der Waals surface area contributed by atoms with E-state index >= 15 is 0 Å². The van der Waals surface area contributed by atoms with Crippen molar-refractivity contribution >= 4 is 32.7 Å². The van der Waals surface area contributed by atoms with E-state index in [2.05, 4.69) is 20.9 Å². The number of amides is 1. The lowest BCUT2D eigenvalue weighted by atomic mass is 9.93. The van der Waals surface area contributed by atoms with Crippen LogP contribution in [0.5, 0.6) is 0 Å². The molecule has 1 N–H and O–H groups in total. The highest BCUT2D eigenvalue weighted by Gasteiger charge is 2.28. The summed E-state index contributed by atoms with van der Waals surface area (Å²) < 4.78 is 0.786. The minimum Gasteiger partial charge on any atom is -0.331 e. The number of fused-ring (bicyclic) bond motifs is 1. The molecule has 1 aliphatic rings. The highest BCUT2D eigenvalue weighted by atomic mass is 79.9. The van der Waals surface area contributed by atoms with Gasteiger partial charge in [0.2, 0.25) is 0 Å². The first-order valence-corrected chi connectivity index (χ1v) is 11.0. The van der Waals surface area contributed by atoms with E-state index in [4.69, 9.17) is 0 Å². The maximum Gasteiger partial charge on any atom is 0.255 e. The molecule has 1 aromatic heterocycles. The SMILES string of the molecule is Cc1ccc2cc(CN(C(=O)c3ccccc3Br)C3CCCCC3)c(=O)[nH]c2c1. The van der Waals surface area contributed by atoms with Crippen LogP contribution in [-0.4, -0.2) is 21.8 Å². The lowest BCUT2D eigenvalue weighted by Crippen LogP contribution is -2.42. The van der Waals surface area contributed by atoms with Gasteiger partial charge < -0.3 is 9.88 Å². The Morgan fingerprint density at radius 1 is 1.10 bits per heavy atom. The minimum atomic E-state index is -0.121. The third kappa shape index (κ3) is 4.30. The number of hydrogen-bond donors (Lipinski definition) is 1. The summed E-state index contributed by atoms with van der Waals surface area (Å²) in [6, 6.07) is 15.6. The van der Waals surface area contributed by atoms with E-state index < -0.39 is 0 Å². The molecule has 1 fully saturated rings. The Bertz CT molecular complexity index is 1100. The Balaban J connectivity index is 1.72. The highest BCUT2D eigenvalue weighted by molar-refractivity contribution is 9.10. The van der Waals surface area contributed by atoms with Gasteiger partial charge in [0.1, 0.15) is 0 Å². The van der Waals surface area contributed by atoms with Crippen LogP contribution in [-0.2, 0) is 6.54 Å². The topological polar surface area (TPSA) is 53.2 Å². The van der Waals surface area contributed by atoms with Gasteiger partial charge in [-0.1, -0.05) is 43.5 Å². The number of benzene rings is 2. The molecule has 0 bridgehead atoms. The lowest BCUT2D eigenvalue weighted by Gasteiger charge is -2.34. The monoisotopic (exact) mass is 452 g/mol. The molecule has 150 valence electrons. The van der Waals surface area contributed by atoms with Crippen molar-refractivity contribution in [3.63, 3.8) is 0 Å². The largest absolute Gasteiger partial charge is 0.331 e. The molecule has 2 aromatic carbocycles. The number of carbonyl (C=O) groups excluding carboxylic acids is 1. The fourth-order valence-corrected chi connectivity index (χ4v) is 4.66. The van der Waals surface area contributed by atoms with E-state index in [0.717, 1.165) is 46.6 Å². The normalized spacial score (nSPS) is 14.8. The molecule has 4 nitrogen and oxygen atoms in total. The Morgan fingerprint density at radius 2 is 1.86 bits per heavy atom. The van der Waals surface area contributed by atoms with Gasteiger partial charge in [-0.15, -0.1) is 0 Å². The van der Waals surface area contributed by atoms with Crippen LogP contribution in [0, 0.1) is 6.92 Å². The van der Waals surface area contributed by atoms with Crippen molar-refractivity contribution in [2.24, 2.45) is 0 Å². The number of nitrogens with zero attached hydrogens (tertiary/aromatic N) is 1. The molecule has 29 heavy (non-hydrogen) atoms. The molecular weight excluding hydrogens is 428 g/mol. The number of aromatic nitrogens is 1. The number of pyridine rings is 1. The van der Waals surface area contributed by atoms with Crippen molar-refractivity contribution in [1.82, 2.24) is 9.88 Å². The number of hydrogen-bond acceptors (Lipinski definition) is 2. The molecule has 0 radical (unpaired) electrons. The fourth-order valence-electron chi connectivity index (χ4n) is 4.21. The second-order valence-corrected chi connectivity index (χ2v) is 8.77. The third-order valence-corrected chi connectivity index (χ3v) is 6.49. The van der Waals surface area contributed by atoms with E-state index in [-0.39, 0.29) is 17.5 Å². The van der Waals surface area contributed by atoms with Crippen LogP contribution in [0.2, 0.25) is 0 Å². The van der Waals surface area contributed by atoms with Crippen LogP contribution in [0.3, 0.4) is 0 Å². The van der Waals surface area contributed by atoms with Crippen molar-refractivity contribution in [2.75, 3.05) is 0 Å². The minimum absolute atomic E-state index is 0.0206. The number of aromatic amines is 1. The third-order valence-electron chi connectivity index (χ3n) is 5.80. The summed E-state index contributed by atoms with van der Waals surface area (Å²) in [6.45, 7) is 2.33. The molecule has 3 aromatic rings. The standard InChI is InChI=1S/C24H25BrN2O2/c1-16-11-12-17-14-18(23(28)26-22(17)13-16)15-27(19-7-3-2-4-8-19)24(29)20-9-5-6-10-21(20)25/h5-6,9-14,19H,2-4,7-8,15H2,1H3,(H,26,28). The number of nitrogens with one attached hydrogen (secondary N) is 1. The first-order valence-electron chi connectivity index (χ1n) is 10.2. The molecule has 0 aliphatic heterocycles. The van der Waals surface area contributed by atoms with Gasteiger partial charge in [0, 0.05) is 21.6 Å². The second-order valence-electron chi connectivity index (χ2n) is 7.92. The van der Waals surface area contributed by atoms with E-state index in [1.165, 1.54) is 6.42 Å². The number of rotatable bonds is 4. The van der Waals surface area contributed by atoms with E-state index in [1.54, 1.807) is 0 Å². The number of H-pyrrole nitrogens is 1. The van der Waals surface area contributed by atoms with Crippen LogP contribution < -0.4 is 5.56 Å². The first-order chi connectivity index (χ1) is 14.0. The average Bonchev–Trinajstić information content (AvgIpc) is 2.73.